The summed E-state index contributed by atoms with van der Waals surface area (Å²) in [6.45, 7) is 0. The Hall–Kier alpha value is -6.70. The average molecular weight is 752 g/mol. The molecule has 0 N–H and O–H groups in total. The van der Waals surface area contributed by atoms with E-state index in [2.05, 4.69) is 28.1 Å². The molecule has 0 amide bonds. The van der Waals surface area contributed by atoms with E-state index in [1.807, 2.05) is 144 Å². The van der Waals surface area contributed by atoms with Crippen LogP contribution in [-0.4, -0.2) is 14.9 Å². The fraction of sp³-hybridized carbons (Fsp3) is 0. The molecular formula is C46H27BrN2O4. The lowest BCUT2D eigenvalue weighted by Gasteiger charge is -2.08. The van der Waals surface area contributed by atoms with Crippen LogP contribution in [0.25, 0.3) is 82.4 Å². The summed E-state index contributed by atoms with van der Waals surface area (Å²) in [6, 6.07) is 49.2. The molecule has 6 nitrogen and oxygen atoms in total. The van der Waals surface area contributed by atoms with Crippen molar-refractivity contribution in [2.24, 2.45) is 0 Å². The molecular weight excluding hydrogens is 724 g/mol. The Morgan fingerprint density at radius 2 is 0.981 bits per heavy atom. The second-order valence-corrected chi connectivity index (χ2v) is 13.8. The van der Waals surface area contributed by atoms with Gasteiger partial charge in [-0.15, -0.1) is 0 Å². The number of hydrogen-bond acceptors (Lipinski definition) is 4. The zero-order chi connectivity index (χ0) is 35.6. The van der Waals surface area contributed by atoms with E-state index in [9.17, 15) is 9.59 Å². The summed E-state index contributed by atoms with van der Waals surface area (Å²) in [7, 11) is 0. The third-order valence-corrected chi connectivity index (χ3v) is 10.7. The van der Waals surface area contributed by atoms with Crippen molar-refractivity contribution in [1.29, 1.82) is 0 Å². The highest BCUT2D eigenvalue weighted by atomic mass is 79.9. The van der Waals surface area contributed by atoms with E-state index in [4.69, 9.17) is 8.83 Å². The number of hydrogen-bond donors (Lipinski definition) is 0. The third kappa shape index (κ3) is 4.71. The Bertz CT molecular complexity index is 3230. The van der Waals surface area contributed by atoms with Gasteiger partial charge in [-0.05, 0) is 45.6 Å². The van der Waals surface area contributed by atoms with Crippen LogP contribution in [0, 0.1) is 0 Å². The van der Waals surface area contributed by atoms with Crippen LogP contribution < -0.4 is 5.56 Å². The molecule has 0 fully saturated rings. The smallest absolute Gasteiger partial charge is 0.264 e. The number of benzene rings is 6. The minimum Gasteiger partial charge on any atom is -0.461 e. The van der Waals surface area contributed by atoms with Crippen molar-refractivity contribution in [3.63, 3.8) is 0 Å². The molecule has 0 spiro atoms. The van der Waals surface area contributed by atoms with Gasteiger partial charge in [-0.25, -0.2) is 0 Å². The number of pyridine rings is 1. The predicted octanol–water partition coefficient (Wildman–Crippen LogP) is 12.0. The van der Waals surface area contributed by atoms with E-state index in [0.717, 1.165) is 81.1 Å². The lowest BCUT2D eigenvalue weighted by Crippen LogP contribution is -2.12. The van der Waals surface area contributed by atoms with E-state index in [1.54, 1.807) is 17.1 Å². The van der Waals surface area contributed by atoms with Crippen molar-refractivity contribution >= 4 is 81.6 Å². The van der Waals surface area contributed by atoms with E-state index in [1.165, 1.54) is 0 Å². The molecule has 11 rings (SSSR count). The van der Waals surface area contributed by atoms with Crippen molar-refractivity contribution in [2.45, 2.75) is 0 Å². The van der Waals surface area contributed by atoms with Crippen LogP contribution in [0.5, 0.6) is 0 Å². The molecule has 5 heterocycles. The third-order valence-electron chi connectivity index (χ3n) is 9.99. The number of aromatic nitrogens is 2. The van der Waals surface area contributed by atoms with Gasteiger partial charge in [-0.1, -0.05) is 127 Å². The van der Waals surface area contributed by atoms with Gasteiger partial charge >= 0.3 is 0 Å². The van der Waals surface area contributed by atoms with Gasteiger partial charge < -0.3 is 8.83 Å². The van der Waals surface area contributed by atoms with Gasteiger partial charge in [0.1, 0.15) is 23.6 Å². The van der Waals surface area contributed by atoms with E-state index in [0.29, 0.717) is 11.3 Å². The highest BCUT2D eigenvalue weighted by Gasteiger charge is 2.25. The van der Waals surface area contributed by atoms with Crippen molar-refractivity contribution in [3.05, 3.63) is 185 Å². The normalized spacial score (nSPS) is 11.6. The maximum Gasteiger partial charge on any atom is 0.264 e. The Kier molecular flexibility index (Phi) is 7.16. The molecule has 0 unspecified atom stereocenters. The molecule has 11 aromatic rings. The van der Waals surface area contributed by atoms with Crippen LogP contribution in [0.2, 0.25) is 0 Å². The topological polar surface area (TPSA) is 69.8 Å². The van der Waals surface area contributed by atoms with E-state index >= 15 is 0 Å². The lowest BCUT2D eigenvalue weighted by molar-refractivity contribution is 0.0968. The number of carbonyl (C=O) groups is 1. The number of nitrogens with zero attached hydrogens (tertiary/aromatic N) is 2. The highest BCUT2D eigenvalue weighted by Crippen LogP contribution is 2.40. The minimum absolute atomic E-state index is 0.00196. The van der Waals surface area contributed by atoms with Gasteiger partial charge in [0.25, 0.3) is 11.5 Å². The summed E-state index contributed by atoms with van der Waals surface area (Å²) in [6.07, 6.45) is 3.51. The first-order valence-corrected chi connectivity index (χ1v) is 18.0. The molecule has 252 valence electrons. The van der Waals surface area contributed by atoms with Crippen LogP contribution in [0.4, 0.5) is 0 Å². The Labute approximate surface area is 310 Å². The van der Waals surface area contributed by atoms with Gasteiger partial charge in [0.2, 0.25) is 0 Å². The molecule has 0 aliphatic heterocycles. The standard InChI is InChI=1S/C23H14BrNO2.C23H13NO2/c24-19-12-6-4-11-17(19)23(26)25-20-13-7-5-10-16(20)18-14-27-22(21(18)25)15-8-2-1-3-9-15;25-23-18-10-5-4-9-15(18)16-11-6-12-17-19-13-26-22(14-7-2-1-3-8-14)21(19)24(23)20(16)17/h1-14H;1-13H. The molecule has 7 heteroatoms. The monoisotopic (exact) mass is 750 g/mol. The van der Waals surface area contributed by atoms with Crippen LogP contribution in [0.1, 0.15) is 10.4 Å². The largest absolute Gasteiger partial charge is 0.461 e. The lowest BCUT2D eigenvalue weighted by atomic mass is 10.1. The summed E-state index contributed by atoms with van der Waals surface area (Å²) >= 11 is 3.51. The highest BCUT2D eigenvalue weighted by molar-refractivity contribution is 9.10. The summed E-state index contributed by atoms with van der Waals surface area (Å²) < 4.78 is 16.2. The zero-order valence-electron chi connectivity index (χ0n) is 28.0. The quantitative estimate of drug-likeness (QED) is 0.169. The van der Waals surface area contributed by atoms with Gasteiger partial charge in [0, 0.05) is 47.9 Å². The first-order chi connectivity index (χ1) is 26.1. The summed E-state index contributed by atoms with van der Waals surface area (Å²) in [5.74, 6) is 1.34. The molecule has 53 heavy (non-hydrogen) atoms. The Morgan fingerprint density at radius 1 is 0.472 bits per heavy atom. The molecule has 0 aliphatic rings. The van der Waals surface area contributed by atoms with Crippen molar-refractivity contribution in [3.8, 4) is 22.6 Å². The first kappa shape index (κ1) is 31.1. The predicted molar refractivity (Wildman–Crippen MR) is 216 cm³/mol. The van der Waals surface area contributed by atoms with Crippen LogP contribution in [-0.2, 0) is 0 Å². The maximum atomic E-state index is 13.5. The fourth-order valence-corrected chi connectivity index (χ4v) is 8.11. The molecule has 0 saturated carbocycles. The van der Waals surface area contributed by atoms with Gasteiger partial charge in [-0.3, -0.25) is 18.6 Å². The number of para-hydroxylation sites is 2. The number of carbonyl (C=O) groups excluding carboxylic acids is 1. The molecule has 6 aromatic carbocycles. The number of furan rings is 2. The van der Waals surface area contributed by atoms with Crippen LogP contribution in [0.15, 0.2) is 182 Å². The summed E-state index contributed by atoms with van der Waals surface area (Å²) in [5.41, 5.74) is 6.00. The van der Waals surface area contributed by atoms with Gasteiger partial charge in [0.05, 0.1) is 16.6 Å². The van der Waals surface area contributed by atoms with Gasteiger partial charge in [0.15, 0.2) is 11.5 Å². The number of halogens is 1. The Balaban J connectivity index is 0.000000132. The summed E-state index contributed by atoms with van der Waals surface area (Å²) in [5, 5.41) is 6.77. The van der Waals surface area contributed by atoms with E-state index < -0.39 is 0 Å². The van der Waals surface area contributed by atoms with E-state index in [-0.39, 0.29) is 11.5 Å². The SMILES string of the molecule is O=C(c1ccccc1Br)n1c2ccccc2c2coc(-c3ccccc3)c21.O=c1c2ccccc2c2cccc3c4coc(-c5ccccc5)c4n1c23. The number of rotatable bonds is 3. The maximum absolute atomic E-state index is 13.5. The van der Waals surface area contributed by atoms with Crippen LogP contribution >= 0.6 is 15.9 Å². The van der Waals surface area contributed by atoms with Crippen molar-refractivity contribution in [2.75, 3.05) is 0 Å². The second kappa shape index (κ2) is 12.2. The molecule has 0 atom stereocenters. The molecule has 0 aliphatic carbocycles. The van der Waals surface area contributed by atoms with Crippen LogP contribution in [0.3, 0.4) is 0 Å². The second-order valence-electron chi connectivity index (χ2n) is 12.9. The Morgan fingerprint density at radius 3 is 1.66 bits per heavy atom. The zero-order valence-corrected chi connectivity index (χ0v) is 29.6. The molecule has 5 aromatic heterocycles. The molecule has 0 saturated heterocycles. The van der Waals surface area contributed by atoms with Gasteiger partial charge in [-0.2, -0.15) is 0 Å². The summed E-state index contributed by atoms with van der Waals surface area (Å²) in [4.78, 5) is 26.9. The first-order valence-electron chi connectivity index (χ1n) is 17.2. The minimum atomic E-state index is -0.0905. The fourth-order valence-electron chi connectivity index (χ4n) is 7.66. The molecule has 0 radical (unpaired) electrons. The van der Waals surface area contributed by atoms with Crippen molar-refractivity contribution < 1.29 is 13.6 Å². The van der Waals surface area contributed by atoms with Crippen molar-refractivity contribution in [1.82, 2.24) is 8.97 Å². The average Bonchev–Trinajstić information content (AvgIpc) is 3.98. The number of fused-ring (bicyclic) bond motifs is 8. The molecule has 0 bridgehead atoms.